The normalized spacial score (nSPS) is 15.9. The maximum atomic E-state index is 15.0. The molecule has 8 nitrogen and oxygen atoms in total. The van der Waals surface area contributed by atoms with E-state index in [1.54, 1.807) is 43.3 Å². The zero-order valence-electron chi connectivity index (χ0n) is 19.4. The highest BCUT2D eigenvalue weighted by Crippen LogP contribution is 2.36. The van der Waals surface area contributed by atoms with Crippen LogP contribution in [0.25, 0.3) is 28.0 Å². The van der Waals surface area contributed by atoms with Gasteiger partial charge in [0.05, 0.1) is 39.3 Å². The van der Waals surface area contributed by atoms with Gasteiger partial charge in [-0.15, -0.1) is 5.10 Å². The number of fused-ring (bicyclic) bond motifs is 1. The Morgan fingerprint density at radius 1 is 1.19 bits per heavy atom. The van der Waals surface area contributed by atoms with Crippen LogP contribution in [-0.4, -0.2) is 45.4 Å². The molecule has 1 atom stereocenters. The summed E-state index contributed by atoms with van der Waals surface area (Å²) in [5, 5.41) is 5.75. The lowest BCUT2D eigenvalue weighted by molar-refractivity contribution is -0.148. The number of benzene rings is 2. The topological polar surface area (TPSA) is 99.2 Å². The van der Waals surface area contributed by atoms with Crippen LogP contribution in [-0.2, 0) is 9.53 Å². The molecule has 0 saturated carbocycles. The summed E-state index contributed by atoms with van der Waals surface area (Å²) in [6.45, 7) is 3.14. The molecule has 1 unspecified atom stereocenters. The number of nitrogens with two attached hydrogens (primary N) is 1. The van der Waals surface area contributed by atoms with Crippen LogP contribution in [0.15, 0.2) is 42.5 Å². The molecule has 0 bridgehead atoms. The number of carbonyl (C=O) groups excluding carboxylic acids is 1. The Hall–Kier alpha value is -3.43. The Balaban J connectivity index is 1.67. The van der Waals surface area contributed by atoms with Gasteiger partial charge in [0.25, 0.3) is 0 Å². The average molecular weight is 529 g/mol. The van der Waals surface area contributed by atoms with Crippen molar-refractivity contribution in [1.29, 1.82) is 0 Å². The average Bonchev–Trinajstić information content (AvgIpc) is 3.22. The molecule has 1 aliphatic heterocycles. The first-order valence-corrected chi connectivity index (χ1v) is 12.3. The lowest BCUT2D eigenvalue weighted by Crippen LogP contribution is -2.40. The minimum Gasteiger partial charge on any atom is -0.466 e. The zero-order valence-corrected chi connectivity index (χ0v) is 20.9. The number of nitrogens with zero attached hydrogens (tertiary/aromatic N) is 5. The van der Waals surface area contributed by atoms with E-state index in [1.807, 2.05) is 4.90 Å². The van der Waals surface area contributed by atoms with Crippen LogP contribution in [0, 0.1) is 11.7 Å². The molecular weight excluding hydrogens is 506 g/mol. The predicted octanol–water partition coefficient (Wildman–Crippen LogP) is 5.29. The maximum absolute atomic E-state index is 15.0. The number of hydrogen-bond donors (Lipinski definition) is 1. The van der Waals surface area contributed by atoms with Crippen molar-refractivity contribution in [3.8, 4) is 16.9 Å². The number of hydrogen-bond acceptors (Lipinski definition) is 7. The Kier molecular flexibility index (Phi) is 6.68. The second-order valence-electron chi connectivity index (χ2n) is 8.48. The third-order valence-electron chi connectivity index (χ3n) is 6.16. The van der Waals surface area contributed by atoms with E-state index in [-0.39, 0.29) is 23.3 Å². The highest BCUT2D eigenvalue weighted by Gasteiger charge is 2.30. The molecule has 0 aliphatic carbocycles. The van der Waals surface area contributed by atoms with Gasteiger partial charge in [-0.05, 0) is 50.1 Å². The number of ether oxygens (including phenoxy) is 1. The van der Waals surface area contributed by atoms with Crippen molar-refractivity contribution in [2.45, 2.75) is 19.8 Å². The van der Waals surface area contributed by atoms with Crippen LogP contribution in [0.5, 0.6) is 0 Å². The third kappa shape index (κ3) is 4.44. The Labute approximate surface area is 216 Å². The van der Waals surface area contributed by atoms with Gasteiger partial charge in [-0.25, -0.2) is 14.1 Å². The van der Waals surface area contributed by atoms with E-state index in [4.69, 9.17) is 38.7 Å². The quantitative estimate of drug-likeness (QED) is 0.351. The largest absolute Gasteiger partial charge is 0.466 e. The van der Waals surface area contributed by atoms with E-state index in [9.17, 15) is 9.18 Å². The van der Waals surface area contributed by atoms with E-state index in [0.29, 0.717) is 58.1 Å². The number of esters is 1. The van der Waals surface area contributed by atoms with E-state index in [2.05, 4.69) is 10.1 Å². The molecule has 186 valence electrons. The summed E-state index contributed by atoms with van der Waals surface area (Å²) in [7, 11) is 0. The summed E-state index contributed by atoms with van der Waals surface area (Å²) >= 11 is 12.3. The summed E-state index contributed by atoms with van der Waals surface area (Å²) in [4.78, 5) is 23.7. The lowest BCUT2D eigenvalue weighted by Gasteiger charge is -2.31. The fraction of sp³-hybridized carbons (Fsp3) is 0.280. The van der Waals surface area contributed by atoms with E-state index in [0.717, 1.165) is 12.8 Å². The molecule has 3 heterocycles. The fourth-order valence-electron chi connectivity index (χ4n) is 4.41. The summed E-state index contributed by atoms with van der Waals surface area (Å²) in [5.74, 6) is -0.419. The van der Waals surface area contributed by atoms with E-state index >= 15 is 0 Å². The molecule has 2 aromatic heterocycles. The SMILES string of the molecule is CCOC(=O)C1CCCN(c2nc(-c3ccccc3F)c3c(N)n(-c4ccc(Cl)c(Cl)c4)nc3n2)C1. The zero-order chi connectivity index (χ0) is 25.4. The van der Waals surface area contributed by atoms with Crippen LogP contribution in [0.4, 0.5) is 16.2 Å². The maximum Gasteiger partial charge on any atom is 0.310 e. The number of rotatable bonds is 5. The minimum absolute atomic E-state index is 0.233. The van der Waals surface area contributed by atoms with Crippen LogP contribution in [0.3, 0.4) is 0 Å². The molecule has 1 saturated heterocycles. The van der Waals surface area contributed by atoms with E-state index < -0.39 is 5.82 Å². The van der Waals surface area contributed by atoms with Crippen LogP contribution < -0.4 is 10.6 Å². The van der Waals surface area contributed by atoms with Gasteiger partial charge in [0, 0.05) is 18.7 Å². The lowest BCUT2D eigenvalue weighted by atomic mass is 9.98. The predicted molar refractivity (Wildman–Crippen MR) is 138 cm³/mol. The first kappa shape index (κ1) is 24.3. The smallest absolute Gasteiger partial charge is 0.310 e. The molecule has 4 aromatic rings. The molecule has 0 radical (unpaired) electrons. The molecule has 1 aliphatic rings. The highest BCUT2D eigenvalue weighted by atomic mass is 35.5. The van der Waals surface area contributed by atoms with Gasteiger partial charge in [0.15, 0.2) is 5.65 Å². The van der Waals surface area contributed by atoms with Gasteiger partial charge in [0.2, 0.25) is 5.95 Å². The van der Waals surface area contributed by atoms with Crippen molar-refractivity contribution >= 4 is 52.0 Å². The van der Waals surface area contributed by atoms with E-state index in [1.165, 1.54) is 10.7 Å². The summed E-state index contributed by atoms with van der Waals surface area (Å²) in [5.41, 5.74) is 7.96. The number of piperidine rings is 1. The van der Waals surface area contributed by atoms with Crippen LogP contribution >= 0.6 is 23.2 Å². The Bertz CT molecular complexity index is 1460. The molecule has 0 amide bonds. The summed E-state index contributed by atoms with van der Waals surface area (Å²) in [6.07, 6.45) is 1.48. The molecular formula is C25H23Cl2FN6O2. The van der Waals surface area contributed by atoms with Gasteiger partial charge in [-0.3, -0.25) is 4.79 Å². The highest BCUT2D eigenvalue weighted by molar-refractivity contribution is 6.42. The van der Waals surface area contributed by atoms with Gasteiger partial charge in [-0.1, -0.05) is 35.3 Å². The second-order valence-corrected chi connectivity index (χ2v) is 9.30. The summed E-state index contributed by atoms with van der Waals surface area (Å²) < 4.78 is 21.7. The second kappa shape index (κ2) is 9.91. The van der Waals surface area contributed by atoms with Crippen LogP contribution in [0.1, 0.15) is 19.8 Å². The first-order valence-electron chi connectivity index (χ1n) is 11.6. The number of nitrogen functional groups attached to an aromatic ring is 1. The van der Waals surface area contributed by atoms with Crippen molar-refractivity contribution in [3.05, 3.63) is 58.3 Å². The van der Waals surface area contributed by atoms with Crippen molar-refractivity contribution in [3.63, 3.8) is 0 Å². The van der Waals surface area contributed by atoms with Crippen molar-refractivity contribution in [2.75, 3.05) is 30.3 Å². The van der Waals surface area contributed by atoms with Crippen molar-refractivity contribution in [1.82, 2.24) is 19.7 Å². The van der Waals surface area contributed by atoms with Gasteiger partial charge >= 0.3 is 5.97 Å². The minimum atomic E-state index is -0.451. The number of carbonyl (C=O) groups is 1. The third-order valence-corrected chi connectivity index (χ3v) is 6.90. The van der Waals surface area contributed by atoms with Gasteiger partial charge in [-0.2, -0.15) is 4.98 Å². The Morgan fingerprint density at radius 2 is 2.00 bits per heavy atom. The number of aromatic nitrogens is 4. The molecule has 2 N–H and O–H groups in total. The van der Waals surface area contributed by atoms with Crippen LogP contribution in [0.2, 0.25) is 10.0 Å². The molecule has 36 heavy (non-hydrogen) atoms. The molecule has 2 aromatic carbocycles. The Morgan fingerprint density at radius 3 is 2.75 bits per heavy atom. The van der Waals surface area contributed by atoms with Gasteiger partial charge < -0.3 is 15.4 Å². The molecule has 1 fully saturated rings. The monoisotopic (exact) mass is 528 g/mol. The standard InChI is InChI=1S/C25H23Cl2FN6O2/c1-2-36-24(35)14-6-5-11-33(13-14)25-30-21(16-7-3-4-8-19(16)28)20-22(29)34(32-23(20)31-25)15-9-10-17(26)18(27)12-15/h3-4,7-10,12,14H,2,5-6,11,13,29H2,1H3. The molecule has 0 spiro atoms. The summed E-state index contributed by atoms with van der Waals surface area (Å²) in [6, 6.07) is 11.3. The molecule has 11 heteroatoms. The number of halogens is 3. The van der Waals surface area contributed by atoms with Crippen molar-refractivity contribution < 1.29 is 13.9 Å². The first-order chi connectivity index (χ1) is 17.4. The molecule has 5 rings (SSSR count). The van der Waals surface area contributed by atoms with Gasteiger partial charge in [0.1, 0.15) is 11.6 Å². The van der Waals surface area contributed by atoms with Crippen molar-refractivity contribution in [2.24, 2.45) is 5.92 Å². The number of anilines is 2. The fourth-order valence-corrected chi connectivity index (χ4v) is 4.71.